The molecule has 1 aliphatic rings. The Labute approximate surface area is 230 Å². The number of nitriles is 1. The molecule has 6 rings (SSSR count). The van der Waals surface area contributed by atoms with Crippen LogP contribution in [0.2, 0.25) is 0 Å². The van der Waals surface area contributed by atoms with Crippen molar-refractivity contribution >= 4 is 43.3 Å². The number of hydrogen-bond donors (Lipinski definition) is 1. The molecule has 3 aromatic heterocycles. The summed E-state index contributed by atoms with van der Waals surface area (Å²) in [6.07, 6.45) is 7.96. The van der Waals surface area contributed by atoms with Crippen LogP contribution in [0.25, 0.3) is 44.0 Å². The molecule has 8 nitrogen and oxygen atoms in total. The van der Waals surface area contributed by atoms with E-state index in [4.69, 9.17) is 0 Å². The average molecular weight is 559 g/mol. The lowest BCUT2D eigenvalue weighted by Crippen LogP contribution is -2.18. The third-order valence-corrected chi connectivity index (χ3v) is 8.22. The van der Waals surface area contributed by atoms with Crippen LogP contribution >= 0.6 is 0 Å². The van der Waals surface area contributed by atoms with Gasteiger partial charge in [0.1, 0.15) is 5.65 Å². The van der Waals surface area contributed by atoms with Gasteiger partial charge in [0.15, 0.2) is 11.2 Å². The zero-order chi connectivity index (χ0) is 28.2. The van der Waals surface area contributed by atoms with Crippen LogP contribution in [0.3, 0.4) is 0 Å². The lowest BCUT2D eigenvalue weighted by Gasteiger charge is -2.28. The Morgan fingerprint density at radius 2 is 1.88 bits per heavy atom. The number of fused-ring (bicyclic) bond motifs is 4. The second-order valence-corrected chi connectivity index (χ2v) is 11.7. The molecule has 1 saturated carbocycles. The van der Waals surface area contributed by atoms with Gasteiger partial charge >= 0.3 is 10.5 Å². The molecule has 40 heavy (non-hydrogen) atoms. The Balaban J connectivity index is 1.71. The minimum atomic E-state index is -5.22. The minimum absolute atomic E-state index is 0.00765. The molecule has 1 aliphatic carbocycles. The number of halogens is 1. The molecule has 204 valence electrons. The number of pyridine rings is 2. The molecule has 0 bridgehead atoms. The standard InChI is InChI=1S/C30H27FN4O4S/c1-17(2)23-12-25-27(13-24(23)19-11-21(16-33-15-19)39-40(31,37)38)35(20-6-4-3-5-7-20)30-28(29(25)36)22-9-8-18(14-32)10-26(22)34-30/h8-13,15-17,20,34H,3-7H2,1-2H3. The van der Waals surface area contributed by atoms with Gasteiger partial charge in [0.05, 0.1) is 28.7 Å². The second-order valence-electron chi connectivity index (χ2n) is 10.7. The third-order valence-electron chi connectivity index (χ3n) is 7.83. The summed E-state index contributed by atoms with van der Waals surface area (Å²) in [5.74, 6) is -0.230. The zero-order valence-electron chi connectivity index (χ0n) is 22.1. The monoisotopic (exact) mass is 558 g/mol. The maximum Gasteiger partial charge on any atom is 0.488 e. The highest BCUT2D eigenvalue weighted by Gasteiger charge is 2.25. The summed E-state index contributed by atoms with van der Waals surface area (Å²) in [6.45, 7) is 4.02. The van der Waals surface area contributed by atoms with Crippen LogP contribution < -0.4 is 9.61 Å². The van der Waals surface area contributed by atoms with Crippen molar-refractivity contribution in [1.29, 1.82) is 5.26 Å². The van der Waals surface area contributed by atoms with Crippen LogP contribution in [-0.4, -0.2) is 23.0 Å². The number of nitrogens with one attached hydrogen (secondary N) is 1. The van der Waals surface area contributed by atoms with Gasteiger partial charge < -0.3 is 13.7 Å². The summed E-state index contributed by atoms with van der Waals surface area (Å²) in [6, 6.07) is 13.0. The fraction of sp³-hybridized carbons (Fsp3) is 0.300. The lowest BCUT2D eigenvalue weighted by molar-refractivity contribution is 0.365. The molecule has 3 heterocycles. The molecule has 0 atom stereocenters. The smallest absolute Gasteiger partial charge is 0.357 e. The van der Waals surface area contributed by atoms with Crippen LogP contribution in [-0.2, 0) is 10.5 Å². The number of benzene rings is 2. The van der Waals surface area contributed by atoms with Crippen LogP contribution in [0.4, 0.5) is 3.89 Å². The third kappa shape index (κ3) is 4.50. The summed E-state index contributed by atoms with van der Waals surface area (Å²) < 4.78 is 42.2. The summed E-state index contributed by atoms with van der Waals surface area (Å²) >= 11 is 0. The largest absolute Gasteiger partial charge is 0.488 e. The van der Waals surface area contributed by atoms with Crippen LogP contribution in [0.15, 0.2) is 53.6 Å². The number of rotatable bonds is 5. The number of aromatic nitrogens is 3. The van der Waals surface area contributed by atoms with Gasteiger partial charge in [0.2, 0.25) is 0 Å². The van der Waals surface area contributed by atoms with Crippen molar-refractivity contribution in [3.8, 4) is 22.9 Å². The number of aromatic amines is 1. The van der Waals surface area contributed by atoms with E-state index in [-0.39, 0.29) is 23.1 Å². The van der Waals surface area contributed by atoms with Crippen molar-refractivity contribution in [1.82, 2.24) is 14.5 Å². The fourth-order valence-corrected chi connectivity index (χ4v) is 6.40. The van der Waals surface area contributed by atoms with Gasteiger partial charge in [-0.3, -0.25) is 9.78 Å². The van der Waals surface area contributed by atoms with E-state index in [1.807, 2.05) is 32.0 Å². The summed E-state index contributed by atoms with van der Waals surface area (Å²) in [5.41, 5.74) is 4.78. The highest BCUT2D eigenvalue weighted by molar-refractivity contribution is 7.81. The molecular formula is C30H27FN4O4S. The maximum absolute atomic E-state index is 14.1. The number of hydrogen-bond acceptors (Lipinski definition) is 6. The molecule has 5 aromatic rings. The molecule has 0 aliphatic heterocycles. The van der Waals surface area contributed by atoms with E-state index in [2.05, 4.69) is 24.8 Å². The first-order chi connectivity index (χ1) is 19.1. The molecule has 0 radical (unpaired) electrons. The molecule has 2 aromatic carbocycles. The Morgan fingerprint density at radius 3 is 2.58 bits per heavy atom. The molecule has 0 saturated heterocycles. The first-order valence-corrected chi connectivity index (χ1v) is 14.6. The lowest BCUT2D eigenvalue weighted by atomic mass is 9.90. The predicted octanol–water partition coefficient (Wildman–Crippen LogP) is 6.79. The van der Waals surface area contributed by atoms with E-state index in [0.717, 1.165) is 71.5 Å². The van der Waals surface area contributed by atoms with Crippen LogP contribution in [0.1, 0.15) is 69.0 Å². The second kappa shape index (κ2) is 9.75. The average Bonchev–Trinajstić information content (AvgIpc) is 3.31. The van der Waals surface area contributed by atoms with Crippen LogP contribution in [0.5, 0.6) is 5.75 Å². The van der Waals surface area contributed by atoms with E-state index in [1.165, 1.54) is 6.07 Å². The molecule has 10 heteroatoms. The fourth-order valence-electron chi connectivity index (χ4n) is 6.08. The SMILES string of the molecule is CC(C)c1cc2c(=O)c3c4ccc(C#N)cc4[nH]c3n(C3CCCCC3)c2cc1-c1cncc(OS(=O)(=O)F)c1. The van der Waals surface area contributed by atoms with Crippen LogP contribution in [0, 0.1) is 11.3 Å². The van der Waals surface area contributed by atoms with E-state index in [1.54, 1.807) is 18.3 Å². The van der Waals surface area contributed by atoms with Crippen molar-refractivity contribution in [3.63, 3.8) is 0 Å². The summed E-state index contributed by atoms with van der Waals surface area (Å²) in [4.78, 5) is 21.7. The summed E-state index contributed by atoms with van der Waals surface area (Å²) in [7, 11) is -5.22. The van der Waals surface area contributed by atoms with E-state index >= 15 is 0 Å². The maximum atomic E-state index is 14.1. The Kier molecular flexibility index (Phi) is 6.34. The van der Waals surface area contributed by atoms with Crippen molar-refractivity contribution < 1.29 is 16.5 Å². The quantitative estimate of drug-likeness (QED) is 0.237. The van der Waals surface area contributed by atoms with Crippen molar-refractivity contribution in [2.75, 3.05) is 0 Å². The Bertz CT molecular complexity index is 2020. The molecule has 1 N–H and O–H groups in total. The molecular weight excluding hydrogens is 531 g/mol. The highest BCUT2D eigenvalue weighted by Crippen LogP contribution is 2.39. The van der Waals surface area contributed by atoms with Gasteiger partial charge in [-0.2, -0.15) is 13.7 Å². The van der Waals surface area contributed by atoms with Gasteiger partial charge in [-0.05, 0) is 60.2 Å². The van der Waals surface area contributed by atoms with E-state index in [9.17, 15) is 22.4 Å². The van der Waals surface area contributed by atoms with Crippen molar-refractivity contribution in [2.24, 2.45) is 0 Å². The van der Waals surface area contributed by atoms with Crippen molar-refractivity contribution in [3.05, 3.63) is 70.1 Å². The number of nitrogens with zero attached hydrogens (tertiary/aromatic N) is 3. The summed E-state index contributed by atoms with van der Waals surface area (Å²) in [5, 5.41) is 11.4. The van der Waals surface area contributed by atoms with Gasteiger partial charge in [0.25, 0.3) is 0 Å². The van der Waals surface area contributed by atoms with Crippen molar-refractivity contribution in [2.45, 2.75) is 57.9 Å². The minimum Gasteiger partial charge on any atom is -0.357 e. The molecule has 0 unspecified atom stereocenters. The molecule has 0 amide bonds. The topological polar surface area (TPSA) is 118 Å². The molecule has 1 fully saturated rings. The van der Waals surface area contributed by atoms with E-state index < -0.39 is 10.5 Å². The Morgan fingerprint density at radius 1 is 1.10 bits per heavy atom. The van der Waals surface area contributed by atoms with Gasteiger partial charge in [-0.25, -0.2) is 0 Å². The highest BCUT2D eigenvalue weighted by atomic mass is 32.3. The first kappa shape index (κ1) is 26.0. The van der Waals surface area contributed by atoms with Gasteiger partial charge in [-0.15, -0.1) is 0 Å². The van der Waals surface area contributed by atoms with Gasteiger partial charge in [-0.1, -0.05) is 43.1 Å². The van der Waals surface area contributed by atoms with E-state index in [0.29, 0.717) is 21.9 Å². The molecule has 0 spiro atoms. The zero-order valence-corrected chi connectivity index (χ0v) is 22.9. The van der Waals surface area contributed by atoms with Gasteiger partial charge in [0, 0.05) is 34.1 Å². The first-order valence-electron chi connectivity index (χ1n) is 13.3. The number of H-pyrrole nitrogens is 1. The normalized spacial score (nSPS) is 14.8. The predicted molar refractivity (Wildman–Crippen MR) is 152 cm³/mol. The Hall–Kier alpha value is -4.23.